The second kappa shape index (κ2) is 5.83. The zero-order valence-corrected chi connectivity index (χ0v) is 11.8. The van der Waals surface area contributed by atoms with Crippen LogP contribution < -0.4 is 0 Å². The van der Waals surface area contributed by atoms with Gasteiger partial charge in [0, 0.05) is 22.8 Å². The molecule has 0 fully saturated rings. The fourth-order valence-corrected chi connectivity index (χ4v) is 2.27. The minimum Gasteiger partial charge on any atom is -0.272 e. The fraction of sp³-hybridized carbons (Fsp3) is 0.286. The van der Waals surface area contributed by atoms with Crippen LogP contribution in [0, 0.1) is 11.3 Å². The maximum atomic E-state index is 8.96. The molecule has 0 saturated carbocycles. The van der Waals surface area contributed by atoms with E-state index in [9.17, 15) is 0 Å². The molecular formula is C14H14BrN3. The number of rotatable bonds is 4. The monoisotopic (exact) mass is 303 g/mol. The number of unbranched alkanes of at least 4 members (excludes halogenated alkanes) is 1. The number of halogens is 1. The molecule has 2 aromatic rings. The highest BCUT2D eigenvalue weighted by Crippen LogP contribution is 2.24. The first-order valence-electron chi connectivity index (χ1n) is 5.96. The predicted molar refractivity (Wildman–Crippen MR) is 75.0 cm³/mol. The molecule has 1 heterocycles. The normalized spacial score (nSPS) is 10.3. The lowest BCUT2D eigenvalue weighted by atomic mass is 10.1. The molecule has 3 nitrogen and oxygen atoms in total. The Balaban J connectivity index is 2.28. The summed E-state index contributed by atoms with van der Waals surface area (Å²) in [6.07, 6.45) is 6.16. The van der Waals surface area contributed by atoms with E-state index in [1.54, 1.807) is 0 Å². The number of nitrogens with zero attached hydrogens (tertiary/aromatic N) is 3. The minimum absolute atomic E-state index is 0.653. The van der Waals surface area contributed by atoms with Gasteiger partial charge < -0.3 is 0 Å². The topological polar surface area (TPSA) is 41.6 Å². The standard InChI is InChI=1S/C14H14BrN3/c1-2-3-4-18-10-13(9-17-18)12-5-11(8-16)6-14(15)7-12/h5-7,9-10H,2-4H2,1H3. The number of nitriles is 1. The summed E-state index contributed by atoms with van der Waals surface area (Å²) >= 11 is 3.42. The van der Waals surface area contributed by atoms with Gasteiger partial charge in [0.05, 0.1) is 17.8 Å². The maximum absolute atomic E-state index is 8.96. The van der Waals surface area contributed by atoms with Crippen molar-refractivity contribution in [2.45, 2.75) is 26.3 Å². The lowest BCUT2D eigenvalue weighted by molar-refractivity contribution is 0.572. The molecule has 0 aliphatic rings. The van der Waals surface area contributed by atoms with Gasteiger partial charge in [0.15, 0.2) is 0 Å². The molecule has 18 heavy (non-hydrogen) atoms. The summed E-state index contributed by atoms with van der Waals surface area (Å²) in [5.74, 6) is 0. The molecule has 4 heteroatoms. The van der Waals surface area contributed by atoms with Crippen LogP contribution >= 0.6 is 15.9 Å². The fourth-order valence-electron chi connectivity index (χ4n) is 1.78. The molecule has 1 aromatic heterocycles. The molecule has 92 valence electrons. The lowest BCUT2D eigenvalue weighted by Crippen LogP contribution is -1.96. The highest BCUT2D eigenvalue weighted by Gasteiger charge is 2.04. The second-order valence-corrected chi connectivity index (χ2v) is 5.10. The predicted octanol–water partition coefficient (Wildman–Crippen LogP) is 3.98. The van der Waals surface area contributed by atoms with E-state index in [0.717, 1.165) is 35.0 Å². The lowest BCUT2D eigenvalue weighted by Gasteiger charge is -2.00. The Morgan fingerprint density at radius 1 is 1.33 bits per heavy atom. The first-order chi connectivity index (χ1) is 8.72. The van der Waals surface area contributed by atoms with Gasteiger partial charge in [-0.1, -0.05) is 29.3 Å². The summed E-state index contributed by atoms with van der Waals surface area (Å²) in [6, 6.07) is 7.86. The summed E-state index contributed by atoms with van der Waals surface area (Å²) in [4.78, 5) is 0. The van der Waals surface area contributed by atoms with Gasteiger partial charge in [0.25, 0.3) is 0 Å². The highest BCUT2D eigenvalue weighted by molar-refractivity contribution is 9.10. The van der Waals surface area contributed by atoms with Crippen molar-refractivity contribution in [3.05, 3.63) is 40.6 Å². The first kappa shape index (κ1) is 12.8. The van der Waals surface area contributed by atoms with E-state index >= 15 is 0 Å². The molecule has 0 atom stereocenters. The average molecular weight is 304 g/mol. The van der Waals surface area contributed by atoms with Crippen molar-refractivity contribution in [3.63, 3.8) is 0 Å². The van der Waals surface area contributed by atoms with E-state index in [2.05, 4.69) is 34.0 Å². The van der Waals surface area contributed by atoms with E-state index in [0.29, 0.717) is 5.56 Å². The third-order valence-electron chi connectivity index (χ3n) is 2.73. The number of aromatic nitrogens is 2. The van der Waals surface area contributed by atoms with Gasteiger partial charge >= 0.3 is 0 Å². The molecule has 0 amide bonds. The Morgan fingerprint density at radius 2 is 2.17 bits per heavy atom. The van der Waals surface area contributed by atoms with Gasteiger partial charge in [-0.05, 0) is 30.2 Å². The van der Waals surface area contributed by atoms with Gasteiger partial charge in [-0.25, -0.2) is 0 Å². The van der Waals surface area contributed by atoms with Crippen molar-refractivity contribution in [1.82, 2.24) is 9.78 Å². The molecule has 0 N–H and O–H groups in total. The van der Waals surface area contributed by atoms with Gasteiger partial charge in [-0.2, -0.15) is 10.4 Å². The van der Waals surface area contributed by atoms with Crippen LogP contribution in [0.3, 0.4) is 0 Å². The van der Waals surface area contributed by atoms with Crippen LogP contribution in [0.5, 0.6) is 0 Å². The van der Waals surface area contributed by atoms with Gasteiger partial charge in [0.2, 0.25) is 0 Å². The maximum Gasteiger partial charge on any atom is 0.0992 e. The molecule has 0 aliphatic carbocycles. The summed E-state index contributed by atoms with van der Waals surface area (Å²) < 4.78 is 2.86. The Morgan fingerprint density at radius 3 is 2.89 bits per heavy atom. The zero-order chi connectivity index (χ0) is 13.0. The van der Waals surface area contributed by atoms with Crippen molar-refractivity contribution in [2.24, 2.45) is 0 Å². The van der Waals surface area contributed by atoms with Crippen LogP contribution in [0.2, 0.25) is 0 Å². The third kappa shape index (κ3) is 2.99. The van der Waals surface area contributed by atoms with Crippen molar-refractivity contribution >= 4 is 15.9 Å². The molecule has 2 rings (SSSR count). The summed E-state index contributed by atoms with van der Waals surface area (Å²) in [5, 5.41) is 13.3. The molecule has 0 bridgehead atoms. The Kier molecular flexibility index (Phi) is 4.16. The van der Waals surface area contributed by atoms with Gasteiger partial charge in [0.1, 0.15) is 0 Å². The van der Waals surface area contributed by atoms with Crippen LogP contribution in [-0.2, 0) is 6.54 Å². The molecule has 0 radical (unpaired) electrons. The van der Waals surface area contributed by atoms with Crippen LogP contribution in [0.15, 0.2) is 35.1 Å². The number of benzene rings is 1. The van der Waals surface area contributed by atoms with Crippen molar-refractivity contribution in [1.29, 1.82) is 5.26 Å². The van der Waals surface area contributed by atoms with Crippen molar-refractivity contribution in [2.75, 3.05) is 0 Å². The quantitative estimate of drug-likeness (QED) is 0.857. The van der Waals surface area contributed by atoms with E-state index < -0.39 is 0 Å². The molecule has 0 unspecified atom stereocenters. The SMILES string of the molecule is CCCCn1cc(-c2cc(Br)cc(C#N)c2)cn1. The first-order valence-corrected chi connectivity index (χ1v) is 6.75. The molecule has 0 aliphatic heterocycles. The van der Waals surface area contributed by atoms with Crippen molar-refractivity contribution < 1.29 is 0 Å². The van der Waals surface area contributed by atoms with E-state index in [-0.39, 0.29) is 0 Å². The van der Waals surface area contributed by atoms with Crippen molar-refractivity contribution in [3.8, 4) is 17.2 Å². The van der Waals surface area contributed by atoms with Crippen LogP contribution in [-0.4, -0.2) is 9.78 Å². The van der Waals surface area contributed by atoms with E-state index in [1.807, 2.05) is 35.3 Å². The number of hydrogen-bond acceptors (Lipinski definition) is 2. The molecule has 1 aromatic carbocycles. The van der Waals surface area contributed by atoms with Gasteiger partial charge in [-0.3, -0.25) is 4.68 Å². The highest BCUT2D eigenvalue weighted by atomic mass is 79.9. The minimum atomic E-state index is 0.653. The zero-order valence-electron chi connectivity index (χ0n) is 10.2. The van der Waals surface area contributed by atoms with Gasteiger partial charge in [-0.15, -0.1) is 0 Å². The summed E-state index contributed by atoms with van der Waals surface area (Å²) in [5.41, 5.74) is 2.72. The molecule has 0 saturated heterocycles. The number of hydrogen-bond donors (Lipinski definition) is 0. The average Bonchev–Trinajstić information content (AvgIpc) is 2.84. The van der Waals surface area contributed by atoms with E-state index in [4.69, 9.17) is 5.26 Å². The smallest absolute Gasteiger partial charge is 0.0992 e. The molecule has 0 spiro atoms. The van der Waals surface area contributed by atoms with E-state index in [1.165, 1.54) is 0 Å². The summed E-state index contributed by atoms with van der Waals surface area (Å²) in [6.45, 7) is 3.10. The second-order valence-electron chi connectivity index (χ2n) is 4.19. The molecular weight excluding hydrogens is 290 g/mol. The van der Waals surface area contributed by atoms with Crippen LogP contribution in [0.4, 0.5) is 0 Å². The van der Waals surface area contributed by atoms with Crippen LogP contribution in [0.25, 0.3) is 11.1 Å². The Bertz CT molecular complexity index is 581. The van der Waals surface area contributed by atoms with Crippen LogP contribution in [0.1, 0.15) is 25.3 Å². The number of aryl methyl sites for hydroxylation is 1. The summed E-state index contributed by atoms with van der Waals surface area (Å²) in [7, 11) is 0. The Labute approximate surface area is 115 Å². The third-order valence-corrected chi connectivity index (χ3v) is 3.19. The Hall–Kier alpha value is -1.60. The largest absolute Gasteiger partial charge is 0.272 e.